The molecule has 1 aromatic rings. The summed E-state index contributed by atoms with van der Waals surface area (Å²) < 4.78 is 5.31. The molecule has 1 atom stereocenters. The van der Waals surface area contributed by atoms with Crippen LogP contribution < -0.4 is 10.6 Å². The number of fused-ring (bicyclic) bond motifs is 1. The first-order valence-electron chi connectivity index (χ1n) is 7.69. The fraction of sp³-hybridized carbons (Fsp3) is 0.562. The molecule has 0 saturated carbocycles. The minimum Gasteiger partial charge on any atom is -0.378 e. The monoisotopic (exact) mass is 289 g/mol. The number of rotatable bonds is 3. The first kappa shape index (κ1) is 14.4. The standard InChI is InChI=1S/C16H23N3O2/c17-11-14-6-5-13-3-1-2-4-15(13)19(14)12-16(20)18-7-9-21-10-8-18/h1-4,14H,5-12,17H2. The lowest BCUT2D eigenvalue weighted by Gasteiger charge is -2.39. The molecule has 1 saturated heterocycles. The molecule has 1 unspecified atom stereocenters. The summed E-state index contributed by atoms with van der Waals surface area (Å²) in [5.74, 6) is 0.174. The van der Waals surface area contributed by atoms with E-state index in [4.69, 9.17) is 10.5 Å². The zero-order chi connectivity index (χ0) is 14.7. The molecule has 1 fully saturated rings. The molecular weight excluding hydrogens is 266 g/mol. The van der Waals surface area contributed by atoms with Crippen molar-refractivity contribution < 1.29 is 9.53 Å². The summed E-state index contributed by atoms with van der Waals surface area (Å²) in [4.78, 5) is 16.6. The maximum atomic E-state index is 12.5. The van der Waals surface area contributed by atoms with Crippen LogP contribution in [-0.4, -0.2) is 56.2 Å². The van der Waals surface area contributed by atoms with Gasteiger partial charge in [0.15, 0.2) is 0 Å². The molecule has 3 rings (SSSR count). The van der Waals surface area contributed by atoms with Gasteiger partial charge in [-0.1, -0.05) is 18.2 Å². The first-order chi connectivity index (χ1) is 10.3. The number of nitrogens with zero attached hydrogens (tertiary/aromatic N) is 2. The average molecular weight is 289 g/mol. The molecular formula is C16H23N3O2. The Morgan fingerprint density at radius 1 is 1.29 bits per heavy atom. The SMILES string of the molecule is NCC1CCc2ccccc2N1CC(=O)N1CCOCC1. The van der Waals surface area contributed by atoms with E-state index in [2.05, 4.69) is 23.1 Å². The zero-order valence-electron chi connectivity index (χ0n) is 12.3. The molecule has 21 heavy (non-hydrogen) atoms. The molecule has 2 aliphatic rings. The lowest BCUT2D eigenvalue weighted by Crippen LogP contribution is -2.51. The molecule has 0 aromatic heterocycles. The average Bonchev–Trinajstić information content (AvgIpc) is 2.56. The number of anilines is 1. The number of hydrogen-bond donors (Lipinski definition) is 1. The van der Waals surface area contributed by atoms with Gasteiger partial charge < -0.3 is 20.3 Å². The van der Waals surface area contributed by atoms with Crippen LogP contribution in [0.25, 0.3) is 0 Å². The van der Waals surface area contributed by atoms with Gasteiger partial charge in [0, 0.05) is 31.4 Å². The normalized spacial score (nSPS) is 22.0. The van der Waals surface area contributed by atoms with Gasteiger partial charge in [0.1, 0.15) is 0 Å². The number of aryl methyl sites for hydroxylation is 1. The van der Waals surface area contributed by atoms with Crippen LogP contribution in [0.4, 0.5) is 5.69 Å². The molecule has 1 aromatic carbocycles. The first-order valence-corrected chi connectivity index (χ1v) is 7.69. The van der Waals surface area contributed by atoms with Gasteiger partial charge in [-0.15, -0.1) is 0 Å². The van der Waals surface area contributed by atoms with Crippen LogP contribution >= 0.6 is 0 Å². The minimum atomic E-state index is 0.174. The lowest BCUT2D eigenvalue weighted by atomic mass is 9.95. The summed E-state index contributed by atoms with van der Waals surface area (Å²) in [5.41, 5.74) is 8.40. The summed E-state index contributed by atoms with van der Waals surface area (Å²) in [7, 11) is 0. The van der Waals surface area contributed by atoms with Crippen molar-refractivity contribution in [3.8, 4) is 0 Å². The van der Waals surface area contributed by atoms with Gasteiger partial charge in [0.05, 0.1) is 19.8 Å². The molecule has 2 N–H and O–H groups in total. The second-order valence-corrected chi connectivity index (χ2v) is 5.68. The van der Waals surface area contributed by atoms with E-state index in [1.807, 2.05) is 11.0 Å². The number of amides is 1. The Bertz CT molecular complexity index is 500. The van der Waals surface area contributed by atoms with Crippen LogP contribution in [0.3, 0.4) is 0 Å². The summed E-state index contributed by atoms with van der Waals surface area (Å²) in [6.45, 7) is 3.68. The van der Waals surface area contributed by atoms with Crippen molar-refractivity contribution in [1.29, 1.82) is 0 Å². The minimum absolute atomic E-state index is 0.174. The summed E-state index contributed by atoms with van der Waals surface area (Å²) in [6, 6.07) is 8.59. The summed E-state index contributed by atoms with van der Waals surface area (Å²) >= 11 is 0. The van der Waals surface area contributed by atoms with Gasteiger partial charge in [-0.2, -0.15) is 0 Å². The van der Waals surface area contributed by atoms with E-state index < -0.39 is 0 Å². The van der Waals surface area contributed by atoms with Crippen molar-refractivity contribution in [1.82, 2.24) is 4.90 Å². The van der Waals surface area contributed by atoms with Gasteiger partial charge in [-0.05, 0) is 24.5 Å². The predicted octanol–water partition coefficient (Wildman–Crippen LogP) is 0.625. The van der Waals surface area contributed by atoms with E-state index in [9.17, 15) is 4.79 Å². The molecule has 5 heteroatoms. The largest absolute Gasteiger partial charge is 0.378 e. The maximum absolute atomic E-state index is 12.5. The highest BCUT2D eigenvalue weighted by Gasteiger charge is 2.28. The third kappa shape index (κ3) is 3.04. The van der Waals surface area contributed by atoms with Gasteiger partial charge in [-0.3, -0.25) is 4.79 Å². The van der Waals surface area contributed by atoms with Gasteiger partial charge in [0.2, 0.25) is 5.91 Å². The van der Waals surface area contributed by atoms with E-state index in [1.54, 1.807) is 0 Å². The fourth-order valence-electron chi connectivity index (χ4n) is 3.19. The lowest BCUT2D eigenvalue weighted by molar-refractivity contribution is -0.133. The Labute approximate surface area is 125 Å². The fourth-order valence-corrected chi connectivity index (χ4v) is 3.19. The Morgan fingerprint density at radius 3 is 2.81 bits per heavy atom. The van der Waals surface area contributed by atoms with E-state index in [-0.39, 0.29) is 11.9 Å². The number of benzene rings is 1. The topological polar surface area (TPSA) is 58.8 Å². The highest BCUT2D eigenvalue weighted by atomic mass is 16.5. The molecule has 1 amide bonds. The van der Waals surface area contributed by atoms with Crippen LogP contribution in [0.1, 0.15) is 12.0 Å². The molecule has 0 aliphatic carbocycles. The van der Waals surface area contributed by atoms with Gasteiger partial charge in [-0.25, -0.2) is 0 Å². The maximum Gasteiger partial charge on any atom is 0.242 e. The molecule has 2 heterocycles. The molecule has 114 valence electrons. The Morgan fingerprint density at radius 2 is 2.05 bits per heavy atom. The molecule has 5 nitrogen and oxygen atoms in total. The number of hydrogen-bond acceptors (Lipinski definition) is 4. The molecule has 0 spiro atoms. The highest BCUT2D eigenvalue weighted by Crippen LogP contribution is 2.30. The summed E-state index contributed by atoms with van der Waals surface area (Å²) in [6.07, 6.45) is 2.06. The Kier molecular flexibility index (Phi) is 4.41. The van der Waals surface area contributed by atoms with Crippen molar-refractivity contribution >= 4 is 11.6 Å². The van der Waals surface area contributed by atoms with E-state index in [0.717, 1.165) is 12.8 Å². The number of carbonyl (C=O) groups excluding carboxylic acids is 1. The van der Waals surface area contributed by atoms with Crippen molar-refractivity contribution in [2.24, 2.45) is 5.73 Å². The van der Waals surface area contributed by atoms with Crippen molar-refractivity contribution in [3.63, 3.8) is 0 Å². The van der Waals surface area contributed by atoms with E-state index in [1.165, 1.54) is 11.3 Å². The van der Waals surface area contributed by atoms with E-state index in [0.29, 0.717) is 39.4 Å². The second kappa shape index (κ2) is 6.45. The molecule has 0 radical (unpaired) electrons. The molecule has 2 aliphatic heterocycles. The third-order valence-electron chi connectivity index (χ3n) is 4.43. The zero-order valence-corrected chi connectivity index (χ0v) is 12.3. The third-order valence-corrected chi connectivity index (χ3v) is 4.43. The van der Waals surface area contributed by atoms with Crippen molar-refractivity contribution in [2.75, 3.05) is 44.3 Å². The quantitative estimate of drug-likeness (QED) is 0.886. The van der Waals surface area contributed by atoms with Crippen molar-refractivity contribution in [3.05, 3.63) is 29.8 Å². The summed E-state index contributed by atoms with van der Waals surface area (Å²) in [5, 5.41) is 0. The van der Waals surface area contributed by atoms with Crippen LogP contribution in [-0.2, 0) is 16.0 Å². The van der Waals surface area contributed by atoms with Gasteiger partial charge in [0.25, 0.3) is 0 Å². The number of ether oxygens (including phenoxy) is 1. The van der Waals surface area contributed by atoms with Gasteiger partial charge >= 0.3 is 0 Å². The Balaban J connectivity index is 1.76. The number of para-hydroxylation sites is 1. The Hall–Kier alpha value is -1.59. The van der Waals surface area contributed by atoms with E-state index >= 15 is 0 Å². The number of carbonyl (C=O) groups is 1. The molecule has 0 bridgehead atoms. The van der Waals surface area contributed by atoms with Crippen LogP contribution in [0, 0.1) is 0 Å². The smallest absolute Gasteiger partial charge is 0.242 e. The van der Waals surface area contributed by atoms with Crippen LogP contribution in [0.15, 0.2) is 24.3 Å². The predicted molar refractivity (Wildman–Crippen MR) is 82.4 cm³/mol. The van der Waals surface area contributed by atoms with Crippen molar-refractivity contribution in [2.45, 2.75) is 18.9 Å². The van der Waals surface area contributed by atoms with Crippen LogP contribution in [0.5, 0.6) is 0 Å². The number of nitrogens with two attached hydrogens (primary N) is 1. The van der Waals surface area contributed by atoms with Crippen LogP contribution in [0.2, 0.25) is 0 Å². The second-order valence-electron chi connectivity index (χ2n) is 5.68. The highest BCUT2D eigenvalue weighted by molar-refractivity contribution is 5.82. The number of morpholine rings is 1.